The third-order valence-electron chi connectivity index (χ3n) is 1.95. The first-order chi connectivity index (χ1) is 6.65. The number of carbonyl (C=O) groups excluding carboxylic acids is 1. The van der Waals surface area contributed by atoms with Gasteiger partial charge in [0.05, 0.1) is 5.69 Å². The van der Waals surface area contributed by atoms with E-state index in [2.05, 4.69) is 4.98 Å². The fraction of sp³-hybridized carbons (Fsp3) is 0.200. The van der Waals surface area contributed by atoms with E-state index in [9.17, 15) is 4.79 Å². The van der Waals surface area contributed by atoms with Gasteiger partial charge in [-0.15, -0.1) is 0 Å². The summed E-state index contributed by atoms with van der Waals surface area (Å²) in [4.78, 5) is 15.2. The van der Waals surface area contributed by atoms with Crippen molar-refractivity contribution < 1.29 is 4.79 Å². The van der Waals surface area contributed by atoms with Crippen molar-refractivity contribution in [2.45, 2.75) is 13.3 Å². The van der Waals surface area contributed by atoms with Gasteiger partial charge < -0.3 is 10.1 Å². The Morgan fingerprint density at radius 2 is 2.29 bits per heavy atom. The van der Waals surface area contributed by atoms with E-state index in [1.165, 1.54) is 0 Å². The molecule has 2 rings (SSSR count). The largest absolute Gasteiger partial charge is 0.398 e. The van der Waals surface area contributed by atoms with Gasteiger partial charge >= 0.3 is 0 Å². The number of imidazole rings is 1. The van der Waals surface area contributed by atoms with Crippen molar-refractivity contribution in [2.75, 3.05) is 5.73 Å². The highest BCUT2D eigenvalue weighted by Crippen LogP contribution is 2.09. The zero-order valence-electron chi connectivity index (χ0n) is 7.90. The van der Waals surface area contributed by atoms with Gasteiger partial charge in [-0.2, -0.15) is 0 Å². The fourth-order valence-electron chi connectivity index (χ4n) is 1.40. The number of nitrogens with two attached hydrogens (primary N) is 1. The van der Waals surface area contributed by atoms with Crippen molar-refractivity contribution in [2.24, 2.45) is 0 Å². The predicted octanol–water partition coefficient (Wildman–Crippen LogP) is 1.05. The summed E-state index contributed by atoms with van der Waals surface area (Å²) in [7, 11) is 0. The summed E-state index contributed by atoms with van der Waals surface area (Å²) in [6.45, 7) is 1.55. The second-order valence-electron chi connectivity index (χ2n) is 3.34. The molecule has 4 nitrogen and oxygen atoms in total. The highest BCUT2D eigenvalue weighted by atomic mass is 16.1. The van der Waals surface area contributed by atoms with Gasteiger partial charge in [0.1, 0.15) is 11.4 Å². The first-order valence-electron chi connectivity index (χ1n) is 4.38. The highest BCUT2D eigenvalue weighted by molar-refractivity contribution is 5.77. The normalized spacial score (nSPS) is 10.6. The molecule has 0 unspecified atom stereocenters. The average molecular weight is 189 g/mol. The van der Waals surface area contributed by atoms with Crippen molar-refractivity contribution >= 4 is 17.1 Å². The monoisotopic (exact) mass is 189 g/mol. The van der Waals surface area contributed by atoms with E-state index in [-0.39, 0.29) is 5.78 Å². The van der Waals surface area contributed by atoms with E-state index in [1.807, 2.05) is 16.7 Å². The van der Waals surface area contributed by atoms with E-state index in [0.29, 0.717) is 12.1 Å². The Bertz CT molecular complexity index is 487. The number of pyridine rings is 1. The Morgan fingerprint density at radius 1 is 1.50 bits per heavy atom. The SMILES string of the molecule is CC(=O)Cc1cn2cc(N)ccc2n1. The molecule has 0 bridgehead atoms. The maximum absolute atomic E-state index is 10.9. The molecule has 0 aliphatic heterocycles. The molecule has 14 heavy (non-hydrogen) atoms. The average Bonchev–Trinajstić information content (AvgIpc) is 2.44. The van der Waals surface area contributed by atoms with Crippen LogP contribution >= 0.6 is 0 Å². The van der Waals surface area contributed by atoms with E-state index in [4.69, 9.17) is 5.73 Å². The summed E-state index contributed by atoms with van der Waals surface area (Å²) < 4.78 is 1.83. The zero-order valence-corrected chi connectivity index (χ0v) is 7.90. The quantitative estimate of drug-likeness (QED) is 0.768. The smallest absolute Gasteiger partial charge is 0.137 e. The van der Waals surface area contributed by atoms with Crippen molar-refractivity contribution in [1.82, 2.24) is 9.38 Å². The van der Waals surface area contributed by atoms with Crippen LogP contribution in [0.4, 0.5) is 5.69 Å². The summed E-state index contributed by atoms with van der Waals surface area (Å²) in [6.07, 6.45) is 3.99. The van der Waals surface area contributed by atoms with Crippen LogP contribution in [0.3, 0.4) is 0 Å². The molecule has 0 fully saturated rings. The number of hydrogen-bond acceptors (Lipinski definition) is 3. The van der Waals surface area contributed by atoms with E-state index in [0.717, 1.165) is 11.3 Å². The van der Waals surface area contributed by atoms with Gasteiger partial charge in [-0.05, 0) is 19.1 Å². The molecule has 0 spiro atoms. The molecule has 2 aromatic heterocycles. The summed E-state index contributed by atoms with van der Waals surface area (Å²) in [5.41, 5.74) is 7.90. The molecule has 0 atom stereocenters. The number of fused-ring (bicyclic) bond motifs is 1. The molecule has 2 aromatic rings. The van der Waals surface area contributed by atoms with Crippen molar-refractivity contribution in [3.63, 3.8) is 0 Å². The highest BCUT2D eigenvalue weighted by Gasteiger charge is 2.03. The topological polar surface area (TPSA) is 60.4 Å². The molecular formula is C10H11N3O. The number of hydrogen-bond donors (Lipinski definition) is 1. The third kappa shape index (κ3) is 1.59. The Kier molecular flexibility index (Phi) is 1.96. The number of Topliss-reactive ketones (excluding diaryl/α,β-unsaturated/α-hetero) is 1. The van der Waals surface area contributed by atoms with E-state index in [1.54, 1.807) is 19.2 Å². The molecule has 0 aliphatic carbocycles. The molecule has 0 radical (unpaired) electrons. The van der Waals surface area contributed by atoms with Gasteiger partial charge in [-0.3, -0.25) is 4.79 Å². The Morgan fingerprint density at radius 3 is 3.00 bits per heavy atom. The van der Waals surface area contributed by atoms with Gasteiger partial charge in [0, 0.05) is 24.5 Å². The molecule has 0 saturated heterocycles. The van der Waals surface area contributed by atoms with E-state index < -0.39 is 0 Å². The molecule has 0 saturated carbocycles. The number of anilines is 1. The zero-order chi connectivity index (χ0) is 10.1. The van der Waals surface area contributed by atoms with Gasteiger partial charge in [0.15, 0.2) is 0 Å². The molecule has 4 heteroatoms. The van der Waals surface area contributed by atoms with Crippen LogP contribution in [0, 0.1) is 0 Å². The van der Waals surface area contributed by atoms with Crippen LogP contribution in [0.15, 0.2) is 24.5 Å². The standard InChI is InChI=1S/C10H11N3O/c1-7(14)4-9-6-13-5-8(11)2-3-10(13)12-9/h2-3,5-6H,4,11H2,1H3. The summed E-state index contributed by atoms with van der Waals surface area (Å²) >= 11 is 0. The van der Waals surface area contributed by atoms with Gasteiger partial charge in [0.2, 0.25) is 0 Å². The van der Waals surface area contributed by atoms with E-state index >= 15 is 0 Å². The molecule has 0 aliphatic rings. The summed E-state index contributed by atoms with van der Waals surface area (Å²) in [5, 5.41) is 0. The van der Waals surface area contributed by atoms with Crippen LogP contribution in [0.1, 0.15) is 12.6 Å². The molecule has 2 heterocycles. The molecule has 0 aromatic carbocycles. The minimum absolute atomic E-state index is 0.112. The lowest BCUT2D eigenvalue weighted by molar-refractivity contribution is -0.116. The minimum atomic E-state index is 0.112. The number of nitrogens with zero attached hydrogens (tertiary/aromatic N) is 2. The van der Waals surface area contributed by atoms with Crippen LogP contribution in [-0.4, -0.2) is 15.2 Å². The summed E-state index contributed by atoms with van der Waals surface area (Å²) in [6, 6.07) is 3.62. The third-order valence-corrected chi connectivity index (χ3v) is 1.95. The predicted molar refractivity (Wildman–Crippen MR) is 54.0 cm³/mol. The maximum Gasteiger partial charge on any atom is 0.137 e. The second kappa shape index (κ2) is 3.14. The van der Waals surface area contributed by atoms with Crippen molar-refractivity contribution in [3.05, 3.63) is 30.2 Å². The van der Waals surface area contributed by atoms with Gasteiger partial charge in [0.25, 0.3) is 0 Å². The lowest BCUT2D eigenvalue weighted by Crippen LogP contribution is -1.95. The summed E-state index contributed by atoms with van der Waals surface area (Å²) in [5.74, 6) is 0.112. The number of aromatic nitrogens is 2. The minimum Gasteiger partial charge on any atom is -0.398 e. The number of nitrogen functional groups attached to an aromatic ring is 1. The number of carbonyl (C=O) groups is 1. The van der Waals surface area contributed by atoms with Gasteiger partial charge in [-0.25, -0.2) is 4.98 Å². The van der Waals surface area contributed by atoms with Crippen LogP contribution in [0.2, 0.25) is 0 Å². The Hall–Kier alpha value is -1.84. The Labute approximate surface area is 81.4 Å². The fourth-order valence-corrected chi connectivity index (χ4v) is 1.40. The molecule has 72 valence electrons. The first-order valence-corrected chi connectivity index (χ1v) is 4.38. The Balaban J connectivity index is 2.46. The second-order valence-corrected chi connectivity index (χ2v) is 3.34. The van der Waals surface area contributed by atoms with Crippen LogP contribution < -0.4 is 5.73 Å². The van der Waals surface area contributed by atoms with Crippen LogP contribution in [0.5, 0.6) is 0 Å². The number of rotatable bonds is 2. The number of ketones is 1. The maximum atomic E-state index is 10.9. The molecule has 0 amide bonds. The lowest BCUT2D eigenvalue weighted by atomic mass is 10.2. The molecule has 2 N–H and O–H groups in total. The van der Waals surface area contributed by atoms with Gasteiger partial charge in [-0.1, -0.05) is 0 Å². The molecular weight excluding hydrogens is 178 g/mol. The first kappa shape index (κ1) is 8.74. The lowest BCUT2D eigenvalue weighted by Gasteiger charge is -1.93. The van der Waals surface area contributed by atoms with Crippen LogP contribution in [-0.2, 0) is 11.2 Å². The van der Waals surface area contributed by atoms with Crippen molar-refractivity contribution in [3.8, 4) is 0 Å². The van der Waals surface area contributed by atoms with Crippen LogP contribution in [0.25, 0.3) is 5.65 Å². The van der Waals surface area contributed by atoms with Crippen molar-refractivity contribution in [1.29, 1.82) is 0 Å².